The molecule has 0 bridgehead atoms. The summed E-state index contributed by atoms with van der Waals surface area (Å²) in [5, 5.41) is 0. The van der Waals surface area contributed by atoms with Gasteiger partial charge in [0, 0.05) is 0 Å². The van der Waals surface area contributed by atoms with Gasteiger partial charge < -0.3 is 17.0 Å². The molecule has 1 aromatic carbocycles. The van der Waals surface area contributed by atoms with Crippen molar-refractivity contribution in [2.45, 2.75) is 20.3 Å². The number of rotatable bonds is 2. The van der Waals surface area contributed by atoms with Crippen molar-refractivity contribution in [2.24, 2.45) is 5.92 Å². The van der Waals surface area contributed by atoms with Gasteiger partial charge in [0.15, 0.2) is 0 Å². The fourth-order valence-corrected chi connectivity index (χ4v) is 1.03. The zero-order valence-corrected chi connectivity index (χ0v) is 10.7. The van der Waals surface area contributed by atoms with Crippen molar-refractivity contribution in [3.8, 4) is 0 Å². The van der Waals surface area contributed by atoms with Crippen molar-refractivity contribution in [1.29, 1.82) is 0 Å². The molecule has 62 valence electrons. The Morgan fingerprint density at radius 1 is 1.25 bits per heavy atom. The van der Waals surface area contributed by atoms with Crippen LogP contribution in [0.15, 0.2) is 24.3 Å². The maximum atomic E-state index is 3.01. The minimum atomic E-state index is 0. The molecule has 0 fully saturated rings. The van der Waals surface area contributed by atoms with E-state index in [0.717, 1.165) is 5.92 Å². The SMILES string of the molecule is CC(C)Cc1cc[c-]cc1.[Br-].[Mg+2]. The van der Waals surface area contributed by atoms with Gasteiger partial charge in [0.2, 0.25) is 0 Å². The van der Waals surface area contributed by atoms with Crippen molar-refractivity contribution in [1.82, 2.24) is 0 Å². The summed E-state index contributed by atoms with van der Waals surface area (Å²) in [7, 11) is 0. The first-order chi connectivity index (χ1) is 4.79. The molecule has 0 spiro atoms. The minimum Gasteiger partial charge on any atom is -1.00 e. The fourth-order valence-electron chi connectivity index (χ4n) is 1.03. The van der Waals surface area contributed by atoms with E-state index in [4.69, 9.17) is 0 Å². The molecule has 2 heteroatoms. The average Bonchev–Trinajstić information content (AvgIpc) is 1.88. The topological polar surface area (TPSA) is 0 Å². The Bertz CT molecular complexity index is 184. The van der Waals surface area contributed by atoms with Crippen LogP contribution in [0.1, 0.15) is 19.4 Å². The van der Waals surface area contributed by atoms with Crippen molar-refractivity contribution in [3.05, 3.63) is 35.9 Å². The predicted octanol–water partition coefficient (Wildman–Crippen LogP) is -0.692. The van der Waals surface area contributed by atoms with Crippen LogP contribution >= 0.6 is 0 Å². The molecule has 0 radical (unpaired) electrons. The van der Waals surface area contributed by atoms with Crippen LogP contribution in [0.3, 0.4) is 0 Å². The average molecular weight is 237 g/mol. The van der Waals surface area contributed by atoms with Crippen molar-refractivity contribution >= 4 is 23.1 Å². The first-order valence-electron chi connectivity index (χ1n) is 3.74. The van der Waals surface area contributed by atoms with Gasteiger partial charge in [0.05, 0.1) is 0 Å². The van der Waals surface area contributed by atoms with Gasteiger partial charge in [0.1, 0.15) is 0 Å². The third-order valence-electron chi connectivity index (χ3n) is 1.43. The van der Waals surface area contributed by atoms with Crippen LogP contribution in [0, 0.1) is 12.0 Å². The summed E-state index contributed by atoms with van der Waals surface area (Å²) in [4.78, 5) is 0. The van der Waals surface area contributed by atoms with Gasteiger partial charge in [-0.25, -0.2) is 0 Å². The Labute approximate surface area is 102 Å². The molecule has 0 saturated carbocycles. The monoisotopic (exact) mass is 236 g/mol. The van der Waals surface area contributed by atoms with E-state index in [1.807, 2.05) is 12.1 Å². The smallest absolute Gasteiger partial charge is 1.00 e. The Morgan fingerprint density at radius 3 is 2.17 bits per heavy atom. The summed E-state index contributed by atoms with van der Waals surface area (Å²) >= 11 is 0. The second kappa shape index (κ2) is 8.08. The van der Waals surface area contributed by atoms with Crippen LogP contribution < -0.4 is 17.0 Å². The molecule has 1 aromatic rings. The second-order valence-electron chi connectivity index (χ2n) is 3.01. The molecule has 0 heterocycles. The standard InChI is InChI=1S/C10H13.BrH.Mg/c1-9(2)8-10-6-4-3-5-7-10;;/h4-7,9H,8H2,1-2H3;1H;/q-1;;+2/p-1. The van der Waals surface area contributed by atoms with Crippen LogP contribution in [-0.2, 0) is 6.42 Å². The zero-order chi connectivity index (χ0) is 7.40. The maximum absolute atomic E-state index is 3.01. The van der Waals surface area contributed by atoms with E-state index in [1.165, 1.54) is 12.0 Å². The normalized spacial score (nSPS) is 8.58. The maximum Gasteiger partial charge on any atom is 2.00 e. The summed E-state index contributed by atoms with van der Waals surface area (Å²) in [5.41, 5.74) is 1.41. The third-order valence-corrected chi connectivity index (χ3v) is 1.43. The number of halogens is 1. The van der Waals surface area contributed by atoms with E-state index in [0.29, 0.717) is 0 Å². The first kappa shape index (κ1) is 15.0. The van der Waals surface area contributed by atoms with E-state index in [2.05, 4.69) is 32.0 Å². The first-order valence-corrected chi connectivity index (χ1v) is 3.74. The summed E-state index contributed by atoms with van der Waals surface area (Å²) in [5.74, 6) is 0.752. The molecule has 1 rings (SSSR count). The Morgan fingerprint density at radius 2 is 1.75 bits per heavy atom. The summed E-state index contributed by atoms with van der Waals surface area (Å²) < 4.78 is 0. The largest absolute Gasteiger partial charge is 2.00 e. The van der Waals surface area contributed by atoms with E-state index in [1.54, 1.807) is 0 Å². The van der Waals surface area contributed by atoms with E-state index >= 15 is 0 Å². The molecule has 0 aromatic heterocycles. The summed E-state index contributed by atoms with van der Waals surface area (Å²) in [6.07, 6.45) is 1.18. The summed E-state index contributed by atoms with van der Waals surface area (Å²) in [6, 6.07) is 11.2. The molecular weight excluding hydrogens is 224 g/mol. The van der Waals surface area contributed by atoms with Crippen molar-refractivity contribution in [2.75, 3.05) is 0 Å². The molecule has 0 saturated heterocycles. The Kier molecular flexibility index (Phi) is 10.1. The fraction of sp³-hybridized carbons (Fsp3) is 0.400. The van der Waals surface area contributed by atoms with Gasteiger partial charge in [-0.05, 0) is 12.3 Å². The molecule has 0 aliphatic rings. The van der Waals surface area contributed by atoms with Crippen LogP contribution in [0.25, 0.3) is 0 Å². The van der Waals surface area contributed by atoms with Gasteiger partial charge in [-0.2, -0.15) is 35.9 Å². The molecule has 0 unspecified atom stereocenters. The Balaban J connectivity index is 0. The van der Waals surface area contributed by atoms with Gasteiger partial charge in [-0.3, -0.25) is 0 Å². The van der Waals surface area contributed by atoms with Crippen LogP contribution in [0.2, 0.25) is 0 Å². The molecular formula is C10H13BrMg. The number of hydrogen-bond acceptors (Lipinski definition) is 0. The van der Waals surface area contributed by atoms with E-state index in [-0.39, 0.29) is 40.0 Å². The second-order valence-corrected chi connectivity index (χ2v) is 3.01. The molecule has 0 aliphatic carbocycles. The van der Waals surface area contributed by atoms with Crippen LogP contribution in [-0.4, -0.2) is 23.1 Å². The minimum absolute atomic E-state index is 0. The van der Waals surface area contributed by atoms with Crippen LogP contribution in [0.5, 0.6) is 0 Å². The number of hydrogen-bond donors (Lipinski definition) is 0. The zero-order valence-electron chi connectivity index (χ0n) is 7.68. The predicted molar refractivity (Wildman–Crippen MR) is 49.6 cm³/mol. The van der Waals surface area contributed by atoms with Crippen molar-refractivity contribution in [3.63, 3.8) is 0 Å². The molecule has 12 heavy (non-hydrogen) atoms. The van der Waals surface area contributed by atoms with E-state index in [9.17, 15) is 0 Å². The summed E-state index contributed by atoms with van der Waals surface area (Å²) in [6.45, 7) is 4.47. The Hall–Kier alpha value is 0.466. The number of benzene rings is 1. The molecule has 0 N–H and O–H groups in total. The molecule has 0 nitrogen and oxygen atoms in total. The van der Waals surface area contributed by atoms with Crippen LogP contribution in [0.4, 0.5) is 0 Å². The molecule has 0 amide bonds. The third kappa shape index (κ3) is 6.03. The van der Waals surface area contributed by atoms with Gasteiger partial charge in [-0.15, -0.1) is 0 Å². The van der Waals surface area contributed by atoms with Gasteiger partial charge >= 0.3 is 23.1 Å². The van der Waals surface area contributed by atoms with Crippen molar-refractivity contribution < 1.29 is 17.0 Å². The molecule has 0 atom stereocenters. The van der Waals surface area contributed by atoms with E-state index < -0.39 is 0 Å². The van der Waals surface area contributed by atoms with Gasteiger partial charge in [0.25, 0.3) is 0 Å². The quantitative estimate of drug-likeness (QED) is 0.472. The molecule has 0 aliphatic heterocycles. The van der Waals surface area contributed by atoms with Gasteiger partial charge in [-0.1, -0.05) is 13.8 Å².